The highest BCUT2D eigenvalue weighted by molar-refractivity contribution is 5.17. The quantitative estimate of drug-likeness (QED) is 0.818. The van der Waals surface area contributed by atoms with Crippen LogP contribution in [-0.4, -0.2) is 11.2 Å². The third kappa shape index (κ3) is 3.01. The molecule has 16 heavy (non-hydrogen) atoms. The number of rotatable bonds is 5. The van der Waals surface area contributed by atoms with Gasteiger partial charge in [-0.25, -0.2) is 8.78 Å². The molecule has 1 fully saturated rings. The van der Waals surface area contributed by atoms with E-state index in [1.54, 1.807) is 6.07 Å². The molecule has 0 bridgehead atoms. The maximum absolute atomic E-state index is 12.9. The molecule has 0 radical (unpaired) electrons. The van der Waals surface area contributed by atoms with E-state index in [1.807, 2.05) is 0 Å². The summed E-state index contributed by atoms with van der Waals surface area (Å²) in [6.45, 7) is 0. The number of benzene rings is 1. The molecule has 1 aromatic carbocycles. The first-order valence-electron chi connectivity index (χ1n) is 5.79. The van der Waals surface area contributed by atoms with E-state index in [0.717, 1.165) is 37.3 Å². The molecule has 1 unspecified atom stereocenters. The third-order valence-electron chi connectivity index (χ3n) is 3.12. The van der Waals surface area contributed by atoms with E-state index in [0.29, 0.717) is 12.3 Å². The molecule has 2 rings (SSSR count). The van der Waals surface area contributed by atoms with Gasteiger partial charge in [-0.1, -0.05) is 6.07 Å². The Hall–Kier alpha value is -0.960. The Kier molecular flexibility index (Phi) is 3.54. The van der Waals surface area contributed by atoms with Gasteiger partial charge in [0.15, 0.2) is 11.6 Å². The normalized spacial score (nSPS) is 17.4. The van der Waals surface area contributed by atoms with E-state index in [1.165, 1.54) is 6.07 Å². The summed E-state index contributed by atoms with van der Waals surface area (Å²) < 4.78 is 25.5. The fraction of sp³-hybridized carbons (Fsp3) is 0.538. The molecule has 0 heterocycles. The molecule has 88 valence electrons. The smallest absolute Gasteiger partial charge is 0.159 e. The van der Waals surface area contributed by atoms with Crippen LogP contribution in [0.2, 0.25) is 0 Å². The molecular formula is C13H16F2O. The van der Waals surface area contributed by atoms with Gasteiger partial charge in [-0.3, -0.25) is 0 Å². The molecule has 1 N–H and O–H groups in total. The molecule has 1 atom stereocenters. The predicted octanol–water partition coefficient (Wildman–Crippen LogP) is 3.06. The molecule has 3 heteroatoms. The minimum Gasteiger partial charge on any atom is -0.393 e. The fourth-order valence-corrected chi connectivity index (χ4v) is 1.93. The van der Waals surface area contributed by atoms with Crippen molar-refractivity contribution in [2.24, 2.45) is 5.92 Å². The lowest BCUT2D eigenvalue weighted by molar-refractivity contribution is 0.139. The van der Waals surface area contributed by atoms with Crippen LogP contribution in [0, 0.1) is 17.6 Å². The lowest BCUT2D eigenvalue weighted by Crippen LogP contribution is -2.09. The van der Waals surface area contributed by atoms with Crippen molar-refractivity contribution in [2.45, 2.75) is 38.2 Å². The van der Waals surface area contributed by atoms with Crippen LogP contribution in [0.4, 0.5) is 8.78 Å². The van der Waals surface area contributed by atoms with E-state index in [9.17, 15) is 13.9 Å². The third-order valence-corrected chi connectivity index (χ3v) is 3.12. The van der Waals surface area contributed by atoms with Crippen molar-refractivity contribution in [2.75, 3.05) is 0 Å². The SMILES string of the molecule is OC(CCCc1ccc(F)c(F)c1)C1CC1. The summed E-state index contributed by atoms with van der Waals surface area (Å²) in [6, 6.07) is 3.99. The topological polar surface area (TPSA) is 20.2 Å². The maximum Gasteiger partial charge on any atom is 0.159 e. The summed E-state index contributed by atoms with van der Waals surface area (Å²) in [5, 5.41) is 9.63. The molecular weight excluding hydrogens is 210 g/mol. The van der Waals surface area contributed by atoms with Crippen LogP contribution >= 0.6 is 0 Å². The van der Waals surface area contributed by atoms with Gasteiger partial charge in [0.05, 0.1) is 6.10 Å². The number of hydrogen-bond acceptors (Lipinski definition) is 1. The Morgan fingerprint density at radius 1 is 1.25 bits per heavy atom. The largest absolute Gasteiger partial charge is 0.393 e. The van der Waals surface area contributed by atoms with Gasteiger partial charge in [-0.2, -0.15) is 0 Å². The first-order chi connectivity index (χ1) is 7.66. The average molecular weight is 226 g/mol. The second-order valence-electron chi connectivity index (χ2n) is 4.55. The number of aliphatic hydroxyl groups excluding tert-OH is 1. The van der Waals surface area contributed by atoms with Gasteiger partial charge in [0.2, 0.25) is 0 Å². The zero-order chi connectivity index (χ0) is 11.5. The van der Waals surface area contributed by atoms with E-state index in [2.05, 4.69) is 0 Å². The van der Waals surface area contributed by atoms with Crippen molar-refractivity contribution >= 4 is 0 Å². The van der Waals surface area contributed by atoms with Crippen molar-refractivity contribution in [3.05, 3.63) is 35.4 Å². The van der Waals surface area contributed by atoms with Crippen LogP contribution < -0.4 is 0 Å². The Morgan fingerprint density at radius 2 is 2.00 bits per heavy atom. The molecule has 0 amide bonds. The molecule has 0 spiro atoms. The molecule has 1 nitrogen and oxygen atoms in total. The summed E-state index contributed by atoms with van der Waals surface area (Å²) in [4.78, 5) is 0. The van der Waals surface area contributed by atoms with Crippen LogP contribution in [0.15, 0.2) is 18.2 Å². The fourth-order valence-electron chi connectivity index (χ4n) is 1.93. The van der Waals surface area contributed by atoms with E-state index < -0.39 is 11.6 Å². The lowest BCUT2D eigenvalue weighted by atomic mass is 10.0. The predicted molar refractivity (Wildman–Crippen MR) is 58.0 cm³/mol. The summed E-state index contributed by atoms with van der Waals surface area (Å²) >= 11 is 0. The van der Waals surface area contributed by atoms with Crippen LogP contribution in [0.1, 0.15) is 31.2 Å². The zero-order valence-electron chi connectivity index (χ0n) is 9.13. The van der Waals surface area contributed by atoms with E-state index in [-0.39, 0.29) is 6.10 Å². The summed E-state index contributed by atoms with van der Waals surface area (Å²) in [5.41, 5.74) is 0.793. The highest BCUT2D eigenvalue weighted by Gasteiger charge is 2.28. The van der Waals surface area contributed by atoms with Gasteiger partial charge in [0, 0.05) is 0 Å². The molecule has 0 aliphatic heterocycles. The molecule has 1 aliphatic carbocycles. The highest BCUT2D eigenvalue weighted by Crippen LogP contribution is 2.34. The second kappa shape index (κ2) is 4.91. The zero-order valence-corrected chi connectivity index (χ0v) is 9.13. The standard InChI is InChI=1S/C13H16F2O/c14-11-7-4-9(8-12(11)15)2-1-3-13(16)10-5-6-10/h4,7-8,10,13,16H,1-3,5-6H2. The lowest BCUT2D eigenvalue weighted by Gasteiger charge is -2.08. The Labute approximate surface area is 94.1 Å². The van der Waals surface area contributed by atoms with Crippen molar-refractivity contribution < 1.29 is 13.9 Å². The first kappa shape index (κ1) is 11.5. The van der Waals surface area contributed by atoms with E-state index in [4.69, 9.17) is 0 Å². The molecule has 1 aliphatic rings. The summed E-state index contributed by atoms with van der Waals surface area (Å²) in [7, 11) is 0. The minimum atomic E-state index is -0.804. The molecule has 1 saturated carbocycles. The molecule has 0 aromatic heterocycles. The Bertz CT molecular complexity index is 361. The highest BCUT2D eigenvalue weighted by atomic mass is 19.2. The number of aryl methyl sites for hydroxylation is 1. The van der Waals surface area contributed by atoms with Gasteiger partial charge in [0.1, 0.15) is 0 Å². The van der Waals surface area contributed by atoms with Gasteiger partial charge >= 0.3 is 0 Å². The van der Waals surface area contributed by atoms with Crippen molar-refractivity contribution in [3.63, 3.8) is 0 Å². The molecule has 1 aromatic rings. The summed E-state index contributed by atoms with van der Waals surface area (Å²) in [6.07, 6.45) is 4.33. The van der Waals surface area contributed by atoms with Gasteiger partial charge < -0.3 is 5.11 Å². The van der Waals surface area contributed by atoms with Gasteiger partial charge in [-0.05, 0) is 55.7 Å². The van der Waals surface area contributed by atoms with Gasteiger partial charge in [0.25, 0.3) is 0 Å². The Morgan fingerprint density at radius 3 is 2.62 bits per heavy atom. The van der Waals surface area contributed by atoms with Crippen LogP contribution in [-0.2, 0) is 6.42 Å². The Balaban J connectivity index is 1.78. The van der Waals surface area contributed by atoms with Crippen LogP contribution in [0.25, 0.3) is 0 Å². The monoisotopic (exact) mass is 226 g/mol. The second-order valence-corrected chi connectivity index (χ2v) is 4.55. The van der Waals surface area contributed by atoms with Crippen molar-refractivity contribution in [1.29, 1.82) is 0 Å². The van der Waals surface area contributed by atoms with Crippen LogP contribution in [0.3, 0.4) is 0 Å². The number of halogens is 2. The van der Waals surface area contributed by atoms with Crippen molar-refractivity contribution in [3.8, 4) is 0 Å². The average Bonchev–Trinajstić information content (AvgIpc) is 3.07. The minimum absolute atomic E-state index is 0.203. The van der Waals surface area contributed by atoms with Crippen LogP contribution in [0.5, 0.6) is 0 Å². The summed E-state index contributed by atoms with van der Waals surface area (Å²) in [5.74, 6) is -1.10. The maximum atomic E-state index is 12.9. The van der Waals surface area contributed by atoms with E-state index >= 15 is 0 Å². The first-order valence-corrected chi connectivity index (χ1v) is 5.79. The molecule has 0 saturated heterocycles. The van der Waals surface area contributed by atoms with Crippen molar-refractivity contribution in [1.82, 2.24) is 0 Å². The number of aliphatic hydroxyl groups is 1. The van der Waals surface area contributed by atoms with Gasteiger partial charge in [-0.15, -0.1) is 0 Å². The number of hydrogen-bond donors (Lipinski definition) is 1.